The van der Waals surface area contributed by atoms with E-state index in [1.54, 1.807) is 0 Å². The smallest absolute Gasteiger partial charge is 0.195 e. The van der Waals surface area contributed by atoms with Crippen LogP contribution in [0.5, 0.6) is 0 Å². The van der Waals surface area contributed by atoms with Crippen molar-refractivity contribution in [3.8, 4) is 0 Å². The molecule has 3 nitrogen and oxygen atoms in total. The maximum absolute atomic E-state index is 6.19. The number of rotatable bonds is 5. The first-order valence-electron chi connectivity index (χ1n) is 5.00. The third-order valence-electron chi connectivity index (χ3n) is 2.09. The van der Waals surface area contributed by atoms with E-state index in [2.05, 4.69) is 23.8 Å². The van der Waals surface area contributed by atoms with Gasteiger partial charge in [-0.3, -0.25) is 5.01 Å². The monoisotopic (exact) mass is 203 g/mol. The molecule has 1 heterocycles. The maximum Gasteiger partial charge on any atom is 0.195 e. The summed E-state index contributed by atoms with van der Waals surface area (Å²) in [5, 5.41) is 6.17. The molecule has 76 valence electrons. The predicted molar refractivity (Wildman–Crippen MR) is 56.7 cm³/mol. The molecule has 0 radical (unpaired) electrons. The summed E-state index contributed by atoms with van der Waals surface area (Å²) in [6.07, 6.45) is 5.31. The fourth-order valence-electron chi connectivity index (χ4n) is 1.31. The molecular weight excluding hydrogens is 186 g/mol. The highest BCUT2D eigenvalue weighted by Gasteiger charge is 2.23. The average Bonchev–Trinajstić information content (AvgIpc) is 2.46. The van der Waals surface area contributed by atoms with Crippen molar-refractivity contribution < 1.29 is 0 Å². The number of nitrogens with zero attached hydrogens (tertiary/aromatic N) is 3. The Balaban J connectivity index is 2.32. The lowest BCUT2D eigenvalue weighted by Gasteiger charge is -2.24. The maximum atomic E-state index is 6.19. The number of alkyl halides is 1. The van der Waals surface area contributed by atoms with Crippen LogP contribution in [-0.4, -0.2) is 35.0 Å². The van der Waals surface area contributed by atoms with Crippen molar-refractivity contribution in [2.75, 3.05) is 13.1 Å². The predicted octanol–water partition coefficient (Wildman–Crippen LogP) is 2.28. The normalized spacial score (nSPS) is 21.6. The molecule has 0 amide bonds. The second-order valence-corrected chi connectivity index (χ2v) is 3.69. The molecule has 0 bridgehead atoms. The zero-order valence-electron chi connectivity index (χ0n) is 8.41. The van der Waals surface area contributed by atoms with E-state index in [4.69, 9.17) is 11.6 Å². The van der Waals surface area contributed by atoms with Crippen LogP contribution in [0.4, 0.5) is 0 Å². The Morgan fingerprint density at radius 2 is 2.08 bits per heavy atom. The van der Waals surface area contributed by atoms with E-state index in [1.165, 1.54) is 12.8 Å². The number of unbranched alkanes of at least 4 members (excludes halogenated alkanes) is 1. The summed E-state index contributed by atoms with van der Waals surface area (Å²) in [4.78, 5) is 2.08. The third-order valence-corrected chi connectivity index (χ3v) is 2.57. The highest BCUT2D eigenvalue weighted by molar-refractivity contribution is 6.20. The van der Waals surface area contributed by atoms with Gasteiger partial charge in [-0.25, -0.2) is 0 Å². The van der Waals surface area contributed by atoms with Gasteiger partial charge in [0.05, 0.1) is 0 Å². The van der Waals surface area contributed by atoms with Gasteiger partial charge in [-0.2, -0.15) is 5.10 Å². The Hall–Kier alpha value is -0.440. The van der Waals surface area contributed by atoms with Gasteiger partial charge in [-0.15, -0.1) is 0 Å². The Kier molecular flexibility index (Phi) is 4.36. The van der Waals surface area contributed by atoms with E-state index < -0.39 is 0 Å². The standard InChI is InChI=1S/C9H18ClN3/c1-3-5-7-12-8-11-13(6-4-2)9(12)10/h8-9H,3-7H2,1-2H3. The second kappa shape index (κ2) is 5.32. The number of halogens is 1. The Bertz CT molecular complexity index is 172. The number of hydrogen-bond donors (Lipinski definition) is 0. The van der Waals surface area contributed by atoms with Crippen LogP contribution in [-0.2, 0) is 0 Å². The van der Waals surface area contributed by atoms with E-state index in [0.29, 0.717) is 0 Å². The molecule has 0 saturated carbocycles. The van der Waals surface area contributed by atoms with Crippen LogP contribution >= 0.6 is 11.6 Å². The molecular formula is C9H18ClN3. The second-order valence-electron chi connectivity index (χ2n) is 3.30. The SMILES string of the molecule is CCCCN1C=NN(CCC)C1Cl. The molecule has 1 rings (SSSR count). The van der Waals surface area contributed by atoms with Crippen LogP contribution in [0.2, 0.25) is 0 Å². The van der Waals surface area contributed by atoms with Gasteiger partial charge in [0.2, 0.25) is 0 Å². The molecule has 0 aromatic rings. The van der Waals surface area contributed by atoms with Crippen LogP contribution in [0.3, 0.4) is 0 Å². The van der Waals surface area contributed by atoms with Gasteiger partial charge < -0.3 is 4.90 Å². The Morgan fingerprint density at radius 3 is 2.69 bits per heavy atom. The molecule has 0 saturated heterocycles. The van der Waals surface area contributed by atoms with Gasteiger partial charge in [0, 0.05) is 13.1 Å². The zero-order chi connectivity index (χ0) is 9.68. The van der Waals surface area contributed by atoms with E-state index in [0.717, 1.165) is 19.5 Å². The lowest BCUT2D eigenvalue weighted by atomic mass is 10.3. The molecule has 4 heteroatoms. The molecule has 1 unspecified atom stereocenters. The van der Waals surface area contributed by atoms with Crippen molar-refractivity contribution in [3.05, 3.63) is 0 Å². The summed E-state index contributed by atoms with van der Waals surface area (Å²) < 4.78 is 0. The average molecular weight is 204 g/mol. The van der Waals surface area contributed by atoms with Gasteiger partial charge in [0.15, 0.2) is 5.62 Å². The van der Waals surface area contributed by atoms with E-state index in [9.17, 15) is 0 Å². The fraction of sp³-hybridized carbons (Fsp3) is 0.889. The van der Waals surface area contributed by atoms with Crippen molar-refractivity contribution in [1.82, 2.24) is 9.91 Å². The minimum Gasteiger partial charge on any atom is -0.327 e. The zero-order valence-corrected chi connectivity index (χ0v) is 9.17. The summed E-state index contributed by atoms with van der Waals surface area (Å²) in [5.74, 6) is 0. The van der Waals surface area contributed by atoms with Crippen molar-refractivity contribution in [1.29, 1.82) is 0 Å². The summed E-state index contributed by atoms with van der Waals surface area (Å²) >= 11 is 6.19. The molecule has 1 aliphatic heterocycles. The molecule has 13 heavy (non-hydrogen) atoms. The van der Waals surface area contributed by atoms with Crippen LogP contribution in [0.1, 0.15) is 33.1 Å². The molecule has 1 aliphatic rings. The van der Waals surface area contributed by atoms with Crippen LogP contribution < -0.4 is 0 Å². The molecule has 1 atom stereocenters. The molecule has 0 aromatic carbocycles. The van der Waals surface area contributed by atoms with Gasteiger partial charge in [0.25, 0.3) is 0 Å². The van der Waals surface area contributed by atoms with Crippen LogP contribution in [0.15, 0.2) is 5.10 Å². The van der Waals surface area contributed by atoms with Crippen molar-refractivity contribution >= 4 is 17.9 Å². The van der Waals surface area contributed by atoms with Crippen molar-refractivity contribution in [2.24, 2.45) is 5.10 Å². The van der Waals surface area contributed by atoms with Crippen molar-refractivity contribution in [3.63, 3.8) is 0 Å². The number of hydrazone groups is 1. The first-order chi connectivity index (χ1) is 6.29. The highest BCUT2D eigenvalue weighted by atomic mass is 35.5. The lowest BCUT2D eigenvalue weighted by Crippen LogP contribution is -2.35. The van der Waals surface area contributed by atoms with Crippen LogP contribution in [0, 0.1) is 0 Å². The summed E-state index contributed by atoms with van der Waals surface area (Å²) in [7, 11) is 0. The third kappa shape index (κ3) is 2.76. The van der Waals surface area contributed by atoms with Gasteiger partial charge in [-0.05, 0) is 12.8 Å². The summed E-state index contributed by atoms with van der Waals surface area (Å²) in [5.41, 5.74) is -0.0634. The van der Waals surface area contributed by atoms with Gasteiger partial charge in [0.1, 0.15) is 6.34 Å². The van der Waals surface area contributed by atoms with Crippen molar-refractivity contribution in [2.45, 2.75) is 38.7 Å². The van der Waals surface area contributed by atoms with E-state index >= 15 is 0 Å². The van der Waals surface area contributed by atoms with Gasteiger partial charge >= 0.3 is 0 Å². The highest BCUT2D eigenvalue weighted by Crippen LogP contribution is 2.16. The molecule has 0 spiro atoms. The lowest BCUT2D eigenvalue weighted by molar-refractivity contribution is 0.198. The minimum absolute atomic E-state index is 0.0634. The Labute approximate surface area is 85.3 Å². The minimum atomic E-state index is -0.0634. The van der Waals surface area contributed by atoms with E-state index in [1.807, 2.05) is 11.3 Å². The molecule has 0 fully saturated rings. The fourth-order valence-corrected chi connectivity index (χ4v) is 1.61. The van der Waals surface area contributed by atoms with Gasteiger partial charge in [-0.1, -0.05) is 31.9 Å². The van der Waals surface area contributed by atoms with E-state index in [-0.39, 0.29) is 5.62 Å². The molecule has 0 aliphatic carbocycles. The first kappa shape index (κ1) is 10.6. The largest absolute Gasteiger partial charge is 0.327 e. The molecule has 0 aromatic heterocycles. The summed E-state index contributed by atoms with van der Waals surface area (Å²) in [6, 6.07) is 0. The number of hydrogen-bond acceptors (Lipinski definition) is 3. The van der Waals surface area contributed by atoms with Crippen LogP contribution in [0.25, 0.3) is 0 Å². The topological polar surface area (TPSA) is 18.8 Å². The summed E-state index contributed by atoms with van der Waals surface area (Å²) in [6.45, 7) is 6.26. The molecule has 0 N–H and O–H groups in total. The first-order valence-corrected chi connectivity index (χ1v) is 5.43. The Morgan fingerprint density at radius 1 is 1.31 bits per heavy atom. The quantitative estimate of drug-likeness (QED) is 0.505.